The van der Waals surface area contributed by atoms with Crippen LogP contribution >= 0.6 is 11.8 Å². The van der Waals surface area contributed by atoms with Crippen molar-refractivity contribution in [1.82, 2.24) is 24.6 Å². The van der Waals surface area contributed by atoms with E-state index in [0.29, 0.717) is 41.5 Å². The Morgan fingerprint density at radius 1 is 1.05 bits per heavy atom. The third-order valence-electron chi connectivity index (χ3n) is 8.93. The highest BCUT2D eigenvalue weighted by atomic mass is 32.2. The van der Waals surface area contributed by atoms with E-state index in [-0.39, 0.29) is 0 Å². The second kappa shape index (κ2) is 12.0. The normalized spacial score (nSPS) is 17.2. The second-order valence-corrected chi connectivity index (χ2v) is 13.3. The Morgan fingerprint density at radius 3 is 2.64 bits per heavy atom. The van der Waals surface area contributed by atoms with Gasteiger partial charge in [0.1, 0.15) is 5.65 Å². The van der Waals surface area contributed by atoms with Gasteiger partial charge in [-0.25, -0.2) is 13.8 Å². The molecule has 4 aromatic heterocycles. The highest BCUT2D eigenvalue weighted by molar-refractivity contribution is 7.99. The molecule has 0 aliphatic carbocycles. The Bertz CT molecular complexity index is 1830. The number of hydrogen-bond donors (Lipinski definition) is 0. The van der Waals surface area contributed by atoms with Crippen molar-refractivity contribution >= 4 is 17.4 Å². The van der Waals surface area contributed by atoms with E-state index in [1.54, 1.807) is 12.3 Å². The fourth-order valence-electron chi connectivity index (χ4n) is 6.43. The minimum absolute atomic E-state index is 0.354. The quantitative estimate of drug-likeness (QED) is 0.176. The number of benzene rings is 1. The number of ether oxygens (including phenoxy) is 1. The van der Waals surface area contributed by atoms with Gasteiger partial charge in [-0.05, 0) is 72.9 Å². The summed E-state index contributed by atoms with van der Waals surface area (Å²) >= 11 is 1.85. The van der Waals surface area contributed by atoms with Crippen LogP contribution in [0.3, 0.4) is 0 Å². The highest BCUT2D eigenvalue weighted by Crippen LogP contribution is 2.51. The first kappa shape index (κ1) is 29.1. The highest BCUT2D eigenvalue weighted by Gasteiger charge is 2.34. The first-order valence-corrected chi connectivity index (χ1v) is 16.3. The molecule has 0 bridgehead atoms. The van der Waals surface area contributed by atoms with E-state index in [0.717, 1.165) is 84.1 Å². The summed E-state index contributed by atoms with van der Waals surface area (Å²) in [5.41, 5.74) is 7.49. The van der Waals surface area contributed by atoms with Crippen LogP contribution in [0.15, 0.2) is 52.0 Å². The third-order valence-corrected chi connectivity index (χ3v) is 10.2. The zero-order valence-corrected chi connectivity index (χ0v) is 26.0. The molecule has 228 valence electrons. The van der Waals surface area contributed by atoms with Crippen LogP contribution < -0.4 is 0 Å². The molecule has 2 aliphatic rings. The summed E-state index contributed by atoms with van der Waals surface area (Å²) in [5.74, 6) is 1.69. The molecule has 2 aliphatic heterocycles. The molecule has 44 heavy (non-hydrogen) atoms. The van der Waals surface area contributed by atoms with Gasteiger partial charge in [0, 0.05) is 66.8 Å². The minimum atomic E-state index is -0.849. The number of imidazole rings is 1. The van der Waals surface area contributed by atoms with E-state index >= 15 is 0 Å². The van der Waals surface area contributed by atoms with Crippen LogP contribution in [0.4, 0.5) is 8.78 Å². The monoisotopic (exact) mass is 615 g/mol. The van der Waals surface area contributed by atoms with Gasteiger partial charge >= 0.3 is 0 Å². The van der Waals surface area contributed by atoms with Gasteiger partial charge in [-0.1, -0.05) is 19.9 Å². The molecular formula is C34H35F2N5O2S. The largest absolute Gasteiger partial charge is 0.421 e. The van der Waals surface area contributed by atoms with E-state index in [9.17, 15) is 8.78 Å². The maximum atomic E-state index is 13.9. The van der Waals surface area contributed by atoms with Crippen molar-refractivity contribution in [3.05, 3.63) is 82.9 Å². The van der Waals surface area contributed by atoms with Gasteiger partial charge in [0.15, 0.2) is 11.6 Å². The molecule has 6 heterocycles. The molecule has 0 spiro atoms. The van der Waals surface area contributed by atoms with Gasteiger partial charge in [-0.2, -0.15) is 0 Å². The van der Waals surface area contributed by atoms with Gasteiger partial charge in [-0.3, -0.25) is 4.98 Å². The molecule has 0 amide bonds. The number of aromatic nitrogens is 5. The minimum Gasteiger partial charge on any atom is -0.421 e. The molecule has 7 rings (SSSR count). The fourth-order valence-corrected chi connectivity index (χ4v) is 8.03. The molecule has 10 heteroatoms. The van der Waals surface area contributed by atoms with Crippen LogP contribution in [0.2, 0.25) is 0 Å². The zero-order valence-electron chi connectivity index (χ0n) is 25.1. The van der Waals surface area contributed by atoms with E-state index in [1.807, 2.05) is 29.3 Å². The lowest BCUT2D eigenvalue weighted by atomic mass is 9.88. The standard InChI is InChI=1S/C34H35F2N5O2S/c1-19(2)25-18-44-33-30(23-8-11-41-24(17-37-29(41)16-23)14-22-4-6-26(35)27(36)15-22)31(34-40-39-20(3)43-34)28(38-32(25)33)7-5-21-9-12-42-13-10-21/h4,6,8,11,15-17,19,21,25H,5,7,9-10,12-14,18H2,1-3H3. The van der Waals surface area contributed by atoms with E-state index in [4.69, 9.17) is 19.1 Å². The molecular weight excluding hydrogens is 580 g/mol. The van der Waals surface area contributed by atoms with Crippen molar-refractivity contribution in [3.8, 4) is 22.6 Å². The summed E-state index contributed by atoms with van der Waals surface area (Å²) in [6.07, 6.45) is 8.22. The van der Waals surface area contributed by atoms with Crippen molar-refractivity contribution in [3.63, 3.8) is 0 Å². The van der Waals surface area contributed by atoms with Crippen molar-refractivity contribution in [2.45, 2.75) is 63.7 Å². The van der Waals surface area contributed by atoms with Crippen LogP contribution in [0.5, 0.6) is 0 Å². The number of nitrogens with zero attached hydrogens (tertiary/aromatic N) is 5. The van der Waals surface area contributed by atoms with Crippen LogP contribution in [-0.2, 0) is 17.6 Å². The number of aryl methyl sites for hydroxylation is 2. The van der Waals surface area contributed by atoms with Crippen LogP contribution in [0.25, 0.3) is 28.2 Å². The first-order chi connectivity index (χ1) is 21.4. The number of rotatable bonds is 8. The Morgan fingerprint density at radius 2 is 1.89 bits per heavy atom. The molecule has 0 radical (unpaired) electrons. The topological polar surface area (TPSA) is 78.3 Å². The number of thioether (sulfide) groups is 1. The SMILES string of the molecule is Cc1nnc(-c2c(CCC3CCOCC3)nc3c(c2-c2ccn4c(Cc5ccc(F)c(F)c5)cnc4c2)SCC3C(C)C)o1. The van der Waals surface area contributed by atoms with Crippen LogP contribution in [-0.4, -0.2) is 43.5 Å². The molecule has 1 aromatic carbocycles. The summed E-state index contributed by atoms with van der Waals surface area (Å²) in [6, 6.07) is 8.19. The number of hydrogen-bond acceptors (Lipinski definition) is 7. The number of pyridine rings is 2. The maximum Gasteiger partial charge on any atom is 0.250 e. The van der Waals surface area contributed by atoms with Gasteiger partial charge in [-0.15, -0.1) is 22.0 Å². The zero-order chi connectivity index (χ0) is 30.4. The van der Waals surface area contributed by atoms with Gasteiger partial charge in [0.05, 0.1) is 17.0 Å². The number of fused-ring (bicyclic) bond motifs is 2. The van der Waals surface area contributed by atoms with E-state index in [2.05, 4.69) is 36.2 Å². The summed E-state index contributed by atoms with van der Waals surface area (Å²) in [7, 11) is 0. The van der Waals surface area contributed by atoms with Gasteiger partial charge < -0.3 is 13.6 Å². The Balaban J connectivity index is 1.35. The predicted molar refractivity (Wildman–Crippen MR) is 166 cm³/mol. The Hall–Kier alpha value is -3.63. The molecule has 0 N–H and O–H groups in total. The Kier molecular flexibility index (Phi) is 7.97. The summed E-state index contributed by atoms with van der Waals surface area (Å²) in [6.45, 7) is 7.98. The molecule has 1 atom stereocenters. The summed E-state index contributed by atoms with van der Waals surface area (Å²) in [5, 5.41) is 8.70. The lowest BCUT2D eigenvalue weighted by Crippen LogP contribution is -2.17. The molecule has 1 unspecified atom stereocenters. The molecule has 0 saturated carbocycles. The second-order valence-electron chi connectivity index (χ2n) is 12.2. The lowest BCUT2D eigenvalue weighted by Gasteiger charge is -2.23. The molecule has 1 fully saturated rings. The molecule has 5 aromatic rings. The summed E-state index contributed by atoms with van der Waals surface area (Å²) < 4.78 is 41.1. The maximum absolute atomic E-state index is 13.9. The van der Waals surface area contributed by atoms with Crippen molar-refractivity contribution < 1.29 is 17.9 Å². The number of halogens is 2. The molecule has 7 nitrogen and oxygen atoms in total. The first-order valence-electron chi connectivity index (χ1n) is 15.3. The summed E-state index contributed by atoms with van der Waals surface area (Å²) in [4.78, 5) is 11.3. The van der Waals surface area contributed by atoms with Crippen molar-refractivity contribution in [2.75, 3.05) is 19.0 Å². The van der Waals surface area contributed by atoms with Crippen LogP contribution in [0.1, 0.15) is 67.6 Å². The third kappa shape index (κ3) is 5.54. The van der Waals surface area contributed by atoms with Crippen molar-refractivity contribution in [1.29, 1.82) is 0 Å². The lowest BCUT2D eigenvalue weighted by molar-refractivity contribution is 0.0639. The van der Waals surface area contributed by atoms with E-state index in [1.165, 1.54) is 17.0 Å². The van der Waals surface area contributed by atoms with Gasteiger partial charge in [0.25, 0.3) is 0 Å². The average Bonchev–Trinajstić information content (AvgIpc) is 3.76. The smallest absolute Gasteiger partial charge is 0.250 e. The fraction of sp³-hybridized carbons (Fsp3) is 0.412. The molecule has 1 saturated heterocycles. The van der Waals surface area contributed by atoms with E-state index < -0.39 is 11.6 Å². The predicted octanol–water partition coefficient (Wildman–Crippen LogP) is 7.83. The Labute approximate surface area is 259 Å². The average molecular weight is 616 g/mol. The van der Waals surface area contributed by atoms with Crippen molar-refractivity contribution in [2.24, 2.45) is 11.8 Å². The van der Waals surface area contributed by atoms with Gasteiger partial charge in [0.2, 0.25) is 11.8 Å². The van der Waals surface area contributed by atoms with Crippen LogP contribution in [0, 0.1) is 30.4 Å².